The number of aliphatic hydroxyl groups excluding tert-OH is 1. The lowest BCUT2D eigenvalue weighted by Crippen LogP contribution is -2.50. The van der Waals surface area contributed by atoms with Crippen LogP contribution < -0.4 is 5.73 Å². The molecule has 0 spiro atoms. The molecule has 3 nitrogen and oxygen atoms in total. The van der Waals surface area contributed by atoms with Crippen LogP contribution in [0.2, 0.25) is 0 Å². The summed E-state index contributed by atoms with van der Waals surface area (Å²) < 4.78 is 0. The minimum atomic E-state index is 0.155. The Hall–Kier alpha value is -0.120. The van der Waals surface area contributed by atoms with Crippen molar-refractivity contribution in [3.8, 4) is 0 Å². The first kappa shape index (κ1) is 9.96. The Morgan fingerprint density at radius 1 is 1.58 bits per heavy atom. The number of hydrogen-bond donors (Lipinski definition) is 2. The smallest absolute Gasteiger partial charge is 0.0599 e. The molecule has 1 heterocycles. The van der Waals surface area contributed by atoms with Crippen molar-refractivity contribution in [3.05, 3.63) is 0 Å². The molecule has 72 valence electrons. The van der Waals surface area contributed by atoms with E-state index in [0.717, 1.165) is 6.54 Å². The van der Waals surface area contributed by atoms with Gasteiger partial charge in [-0.1, -0.05) is 0 Å². The van der Waals surface area contributed by atoms with Crippen molar-refractivity contribution in [2.75, 3.05) is 19.7 Å². The second-order valence-corrected chi connectivity index (χ2v) is 4.18. The molecule has 1 fully saturated rings. The van der Waals surface area contributed by atoms with Crippen LogP contribution in [0, 0.1) is 0 Å². The predicted octanol–water partition coefficient (Wildman–Crippen LogP) is 0.180. The molecule has 0 aliphatic carbocycles. The summed E-state index contributed by atoms with van der Waals surface area (Å²) in [7, 11) is 0. The first-order valence-electron chi connectivity index (χ1n) is 4.69. The summed E-state index contributed by atoms with van der Waals surface area (Å²) in [4.78, 5) is 2.33. The molecule has 1 atom stereocenters. The Labute approximate surface area is 74.5 Å². The lowest BCUT2D eigenvalue weighted by Gasteiger charge is -2.37. The van der Waals surface area contributed by atoms with E-state index < -0.39 is 0 Å². The highest BCUT2D eigenvalue weighted by molar-refractivity contribution is 4.92. The van der Waals surface area contributed by atoms with Crippen LogP contribution in [0.5, 0.6) is 0 Å². The number of nitrogens with zero attached hydrogens (tertiary/aromatic N) is 1. The third-order valence-corrected chi connectivity index (χ3v) is 2.89. The molecule has 3 heteroatoms. The Bertz CT molecular complexity index is 143. The average molecular weight is 172 g/mol. The fourth-order valence-electron chi connectivity index (χ4n) is 2.11. The van der Waals surface area contributed by atoms with Crippen molar-refractivity contribution in [1.82, 2.24) is 4.90 Å². The van der Waals surface area contributed by atoms with Gasteiger partial charge in [0.25, 0.3) is 0 Å². The van der Waals surface area contributed by atoms with Gasteiger partial charge in [0.15, 0.2) is 0 Å². The molecule has 0 aromatic heterocycles. The molecule has 0 aromatic carbocycles. The number of rotatable bonds is 3. The number of nitrogens with two attached hydrogens (primary N) is 1. The van der Waals surface area contributed by atoms with E-state index >= 15 is 0 Å². The van der Waals surface area contributed by atoms with Crippen LogP contribution >= 0.6 is 0 Å². The van der Waals surface area contributed by atoms with Gasteiger partial charge in [-0.2, -0.15) is 0 Å². The van der Waals surface area contributed by atoms with E-state index in [1.807, 2.05) is 0 Å². The third kappa shape index (κ3) is 1.79. The molecule has 0 aromatic rings. The Morgan fingerprint density at radius 2 is 2.25 bits per heavy atom. The topological polar surface area (TPSA) is 49.5 Å². The zero-order valence-electron chi connectivity index (χ0n) is 8.08. The molecule has 1 saturated heterocycles. The fourth-order valence-corrected chi connectivity index (χ4v) is 2.11. The van der Waals surface area contributed by atoms with Crippen LogP contribution in [-0.4, -0.2) is 41.3 Å². The summed E-state index contributed by atoms with van der Waals surface area (Å²) in [6.45, 7) is 6.26. The normalized spacial score (nSPS) is 26.0. The zero-order valence-corrected chi connectivity index (χ0v) is 8.08. The summed E-state index contributed by atoms with van der Waals surface area (Å²) in [6, 6.07) is 0.155. The molecule has 0 saturated carbocycles. The molecule has 0 bridgehead atoms. The van der Waals surface area contributed by atoms with Crippen molar-refractivity contribution in [2.45, 2.75) is 38.3 Å². The Kier molecular flexibility index (Phi) is 3.09. The van der Waals surface area contributed by atoms with Crippen LogP contribution in [0.15, 0.2) is 0 Å². The van der Waals surface area contributed by atoms with E-state index in [-0.39, 0.29) is 18.2 Å². The van der Waals surface area contributed by atoms with Gasteiger partial charge in [0, 0.05) is 18.1 Å². The van der Waals surface area contributed by atoms with Crippen molar-refractivity contribution in [2.24, 2.45) is 5.73 Å². The molecule has 1 aliphatic heterocycles. The van der Waals surface area contributed by atoms with E-state index in [9.17, 15) is 0 Å². The van der Waals surface area contributed by atoms with Crippen molar-refractivity contribution >= 4 is 0 Å². The molecule has 3 N–H and O–H groups in total. The molecule has 0 amide bonds. The lowest BCUT2D eigenvalue weighted by molar-refractivity contribution is 0.0753. The van der Waals surface area contributed by atoms with Gasteiger partial charge in [-0.05, 0) is 33.2 Å². The molecular weight excluding hydrogens is 152 g/mol. The van der Waals surface area contributed by atoms with Gasteiger partial charge in [-0.3, -0.25) is 4.90 Å². The molecule has 1 unspecified atom stereocenters. The van der Waals surface area contributed by atoms with Gasteiger partial charge in [0.05, 0.1) is 6.61 Å². The average Bonchev–Trinajstić information content (AvgIpc) is 2.34. The summed E-state index contributed by atoms with van der Waals surface area (Å²) in [6.07, 6.45) is 2.44. The standard InChI is InChI=1S/C9H20N2O/c1-9(2)4-3-5-11(9)8(6-10)7-12/h8,12H,3-7,10H2,1-2H3. The number of aliphatic hydroxyl groups is 1. The second kappa shape index (κ2) is 3.73. The number of likely N-dealkylation sites (tertiary alicyclic amines) is 1. The molecule has 0 radical (unpaired) electrons. The maximum Gasteiger partial charge on any atom is 0.0599 e. The summed E-state index contributed by atoms with van der Waals surface area (Å²) in [5.74, 6) is 0. The first-order valence-corrected chi connectivity index (χ1v) is 4.69. The van der Waals surface area contributed by atoms with Gasteiger partial charge in [0.2, 0.25) is 0 Å². The second-order valence-electron chi connectivity index (χ2n) is 4.18. The summed E-state index contributed by atoms with van der Waals surface area (Å²) in [5.41, 5.74) is 5.81. The Morgan fingerprint density at radius 3 is 2.58 bits per heavy atom. The lowest BCUT2D eigenvalue weighted by atomic mass is 10.0. The summed E-state index contributed by atoms with van der Waals surface area (Å²) in [5, 5.41) is 9.10. The van der Waals surface area contributed by atoms with Gasteiger partial charge in [-0.25, -0.2) is 0 Å². The molecule has 12 heavy (non-hydrogen) atoms. The molecule has 1 aliphatic rings. The molecular formula is C9H20N2O. The Balaban J connectivity index is 2.60. The van der Waals surface area contributed by atoms with Crippen molar-refractivity contribution < 1.29 is 5.11 Å². The number of hydrogen-bond acceptors (Lipinski definition) is 3. The van der Waals surface area contributed by atoms with Crippen LogP contribution in [-0.2, 0) is 0 Å². The van der Waals surface area contributed by atoms with Gasteiger partial charge in [0.1, 0.15) is 0 Å². The van der Waals surface area contributed by atoms with E-state index in [4.69, 9.17) is 10.8 Å². The summed E-state index contributed by atoms with van der Waals surface area (Å²) >= 11 is 0. The highest BCUT2D eigenvalue weighted by atomic mass is 16.3. The highest BCUT2D eigenvalue weighted by Crippen LogP contribution is 2.29. The molecule has 1 rings (SSSR count). The maximum absolute atomic E-state index is 9.10. The van der Waals surface area contributed by atoms with E-state index in [0.29, 0.717) is 6.54 Å². The van der Waals surface area contributed by atoms with E-state index in [1.165, 1.54) is 12.8 Å². The SMILES string of the molecule is CC1(C)CCCN1C(CN)CO. The fraction of sp³-hybridized carbons (Fsp3) is 1.00. The minimum Gasteiger partial charge on any atom is -0.395 e. The predicted molar refractivity (Wildman–Crippen MR) is 49.9 cm³/mol. The van der Waals surface area contributed by atoms with Crippen LogP contribution in [0.4, 0.5) is 0 Å². The minimum absolute atomic E-state index is 0.155. The highest BCUT2D eigenvalue weighted by Gasteiger charge is 2.35. The van der Waals surface area contributed by atoms with Gasteiger partial charge in [-0.15, -0.1) is 0 Å². The van der Waals surface area contributed by atoms with E-state index in [2.05, 4.69) is 18.7 Å². The van der Waals surface area contributed by atoms with Crippen molar-refractivity contribution in [1.29, 1.82) is 0 Å². The van der Waals surface area contributed by atoms with E-state index in [1.54, 1.807) is 0 Å². The van der Waals surface area contributed by atoms with Crippen LogP contribution in [0.25, 0.3) is 0 Å². The third-order valence-electron chi connectivity index (χ3n) is 2.89. The van der Waals surface area contributed by atoms with Gasteiger partial charge >= 0.3 is 0 Å². The zero-order chi connectivity index (χ0) is 9.19. The first-order chi connectivity index (χ1) is 5.61. The maximum atomic E-state index is 9.10. The van der Waals surface area contributed by atoms with Crippen molar-refractivity contribution in [3.63, 3.8) is 0 Å². The quantitative estimate of drug-likeness (QED) is 0.638. The largest absolute Gasteiger partial charge is 0.395 e. The van der Waals surface area contributed by atoms with Crippen LogP contribution in [0.1, 0.15) is 26.7 Å². The van der Waals surface area contributed by atoms with Gasteiger partial charge < -0.3 is 10.8 Å². The monoisotopic (exact) mass is 172 g/mol. The van der Waals surface area contributed by atoms with Crippen LogP contribution in [0.3, 0.4) is 0 Å².